The average molecular weight is 398 g/mol. The molecule has 0 spiro atoms. The predicted octanol–water partition coefficient (Wildman–Crippen LogP) is 1.61. The first-order chi connectivity index (χ1) is 10.7. The number of nitrogens with zero attached hydrogens (tertiary/aromatic N) is 3. The van der Waals surface area contributed by atoms with Crippen molar-refractivity contribution in [1.29, 1.82) is 0 Å². The molecule has 1 atom stereocenters. The molecule has 1 N–H and O–H groups in total. The Morgan fingerprint density at radius 2 is 2.04 bits per heavy atom. The fourth-order valence-electron chi connectivity index (χ4n) is 2.83. The zero-order valence-corrected chi connectivity index (χ0v) is 15.7. The molecule has 0 aliphatic carbocycles. The second kappa shape index (κ2) is 10.3. The normalized spacial score (nSPS) is 20.8. The number of rotatable bonds is 3. The summed E-state index contributed by atoms with van der Waals surface area (Å²) in [5, 5.41) is 3.96. The lowest BCUT2D eigenvalue weighted by Crippen LogP contribution is -2.51. The van der Waals surface area contributed by atoms with Gasteiger partial charge in [0.15, 0.2) is 0 Å². The Balaban J connectivity index is 0.00000144. The highest BCUT2D eigenvalue weighted by atomic mass is 35.5. The van der Waals surface area contributed by atoms with Crippen molar-refractivity contribution < 1.29 is 9.53 Å². The number of aromatic nitrogens is 1. The number of carbonyl (C=O) groups excluding carboxylic acids is 1. The van der Waals surface area contributed by atoms with Crippen LogP contribution < -0.4 is 10.2 Å². The van der Waals surface area contributed by atoms with Gasteiger partial charge in [-0.15, -0.1) is 24.8 Å². The van der Waals surface area contributed by atoms with Crippen molar-refractivity contribution in [3.63, 3.8) is 0 Å². The summed E-state index contributed by atoms with van der Waals surface area (Å²) >= 11 is 5.86. The topological polar surface area (TPSA) is 57.7 Å². The molecule has 9 heteroatoms. The quantitative estimate of drug-likeness (QED) is 0.840. The molecule has 2 aliphatic heterocycles. The number of halogens is 3. The molecular formula is C15H23Cl3N4O2. The first kappa shape index (κ1) is 21.3. The third-order valence-electron chi connectivity index (χ3n) is 4.09. The van der Waals surface area contributed by atoms with Crippen LogP contribution in [-0.4, -0.2) is 67.8 Å². The van der Waals surface area contributed by atoms with E-state index in [-0.39, 0.29) is 36.8 Å². The first-order valence-electron chi connectivity index (χ1n) is 7.68. The minimum Gasteiger partial charge on any atom is -0.378 e. The van der Waals surface area contributed by atoms with Crippen molar-refractivity contribution in [3.8, 4) is 0 Å². The summed E-state index contributed by atoms with van der Waals surface area (Å²) in [5.74, 6) is 1.12. The zero-order valence-electron chi connectivity index (χ0n) is 13.3. The molecule has 2 fully saturated rings. The van der Waals surface area contributed by atoms with E-state index in [9.17, 15) is 4.79 Å². The SMILES string of the molecule is Cl.Cl.O=C(CC1COCCN1)N1CCN(c2ccc(Cl)cn2)CC1. The second-order valence-electron chi connectivity index (χ2n) is 5.63. The van der Waals surface area contributed by atoms with Crippen molar-refractivity contribution in [3.05, 3.63) is 23.4 Å². The highest BCUT2D eigenvalue weighted by molar-refractivity contribution is 6.30. The lowest BCUT2D eigenvalue weighted by atomic mass is 10.1. The molecular weight excluding hydrogens is 375 g/mol. The van der Waals surface area contributed by atoms with Gasteiger partial charge in [0.2, 0.25) is 5.91 Å². The highest BCUT2D eigenvalue weighted by Gasteiger charge is 2.25. The molecule has 136 valence electrons. The van der Waals surface area contributed by atoms with Crippen LogP contribution in [0.2, 0.25) is 5.02 Å². The molecule has 0 aromatic carbocycles. The van der Waals surface area contributed by atoms with Crippen molar-refractivity contribution in [2.45, 2.75) is 12.5 Å². The molecule has 2 aliphatic rings. The number of piperazine rings is 1. The van der Waals surface area contributed by atoms with E-state index in [1.807, 2.05) is 17.0 Å². The van der Waals surface area contributed by atoms with Crippen LogP contribution in [0, 0.1) is 0 Å². The summed E-state index contributed by atoms with van der Waals surface area (Å²) in [7, 11) is 0. The minimum absolute atomic E-state index is 0. The van der Waals surface area contributed by atoms with Gasteiger partial charge in [0.25, 0.3) is 0 Å². The molecule has 3 heterocycles. The van der Waals surface area contributed by atoms with Crippen LogP contribution in [0.25, 0.3) is 0 Å². The van der Waals surface area contributed by atoms with E-state index >= 15 is 0 Å². The van der Waals surface area contributed by atoms with Crippen LogP contribution in [0.3, 0.4) is 0 Å². The van der Waals surface area contributed by atoms with Gasteiger partial charge in [-0.2, -0.15) is 0 Å². The van der Waals surface area contributed by atoms with Gasteiger partial charge in [-0.25, -0.2) is 4.98 Å². The summed E-state index contributed by atoms with van der Waals surface area (Å²) in [6.45, 7) is 5.25. The summed E-state index contributed by atoms with van der Waals surface area (Å²) < 4.78 is 5.39. The van der Waals surface area contributed by atoms with Crippen molar-refractivity contribution in [1.82, 2.24) is 15.2 Å². The molecule has 1 amide bonds. The molecule has 1 aromatic rings. The Hall–Kier alpha value is -0.790. The molecule has 1 unspecified atom stereocenters. The molecule has 0 bridgehead atoms. The predicted molar refractivity (Wildman–Crippen MR) is 99.8 cm³/mol. The van der Waals surface area contributed by atoms with E-state index in [4.69, 9.17) is 16.3 Å². The van der Waals surface area contributed by atoms with Crippen LogP contribution in [0.15, 0.2) is 18.3 Å². The van der Waals surface area contributed by atoms with Crippen LogP contribution in [0.5, 0.6) is 0 Å². The number of nitrogens with one attached hydrogen (secondary N) is 1. The Kier molecular flexibility index (Phi) is 9.08. The maximum Gasteiger partial charge on any atom is 0.224 e. The maximum atomic E-state index is 12.3. The zero-order chi connectivity index (χ0) is 15.4. The minimum atomic E-state index is 0. The van der Waals surface area contributed by atoms with E-state index in [1.165, 1.54) is 0 Å². The first-order valence-corrected chi connectivity index (χ1v) is 8.05. The van der Waals surface area contributed by atoms with Gasteiger partial charge in [-0.1, -0.05) is 11.6 Å². The van der Waals surface area contributed by atoms with Crippen molar-refractivity contribution >= 4 is 48.1 Å². The molecule has 0 saturated carbocycles. The molecule has 3 rings (SSSR count). The molecule has 6 nitrogen and oxygen atoms in total. The van der Waals surface area contributed by atoms with Gasteiger partial charge in [0.1, 0.15) is 5.82 Å². The standard InChI is InChI=1S/C15H21ClN4O2.2ClH/c16-12-1-2-14(18-10-12)19-4-6-20(7-5-19)15(21)9-13-11-22-8-3-17-13;;/h1-2,10,13,17H,3-9,11H2;2*1H. The number of anilines is 1. The van der Waals surface area contributed by atoms with Gasteiger partial charge in [0.05, 0.1) is 18.2 Å². The van der Waals surface area contributed by atoms with Crippen LogP contribution in [-0.2, 0) is 9.53 Å². The lowest BCUT2D eigenvalue weighted by molar-refractivity contribution is -0.132. The molecule has 1 aromatic heterocycles. The Morgan fingerprint density at radius 1 is 1.29 bits per heavy atom. The third kappa shape index (κ3) is 5.63. The smallest absolute Gasteiger partial charge is 0.224 e. The summed E-state index contributed by atoms with van der Waals surface area (Å²) in [6.07, 6.45) is 2.17. The Labute approximate surface area is 159 Å². The Bertz CT molecular complexity index is 504. The van der Waals surface area contributed by atoms with E-state index < -0.39 is 0 Å². The number of morpholine rings is 1. The van der Waals surface area contributed by atoms with Crippen molar-refractivity contribution in [2.75, 3.05) is 50.8 Å². The van der Waals surface area contributed by atoms with Crippen LogP contribution >= 0.6 is 36.4 Å². The summed E-state index contributed by atoms with van der Waals surface area (Å²) in [6, 6.07) is 3.91. The monoisotopic (exact) mass is 396 g/mol. The number of carbonyl (C=O) groups is 1. The van der Waals surface area contributed by atoms with Crippen LogP contribution in [0.1, 0.15) is 6.42 Å². The van der Waals surface area contributed by atoms with Gasteiger partial charge >= 0.3 is 0 Å². The molecule has 24 heavy (non-hydrogen) atoms. The maximum absolute atomic E-state index is 12.3. The number of pyridine rings is 1. The number of ether oxygens (including phenoxy) is 1. The average Bonchev–Trinajstić information content (AvgIpc) is 2.57. The molecule has 0 radical (unpaired) electrons. The van der Waals surface area contributed by atoms with Crippen LogP contribution in [0.4, 0.5) is 5.82 Å². The number of hydrogen-bond acceptors (Lipinski definition) is 5. The van der Waals surface area contributed by atoms with E-state index in [1.54, 1.807) is 6.20 Å². The number of amides is 1. The van der Waals surface area contributed by atoms with Gasteiger partial charge in [0, 0.05) is 51.4 Å². The van der Waals surface area contributed by atoms with Crippen molar-refractivity contribution in [2.24, 2.45) is 0 Å². The largest absolute Gasteiger partial charge is 0.378 e. The van der Waals surface area contributed by atoms with Gasteiger partial charge in [-0.05, 0) is 12.1 Å². The summed E-state index contributed by atoms with van der Waals surface area (Å²) in [5.41, 5.74) is 0. The van der Waals surface area contributed by atoms with E-state index in [0.29, 0.717) is 18.1 Å². The second-order valence-corrected chi connectivity index (χ2v) is 6.07. The number of hydrogen-bond donors (Lipinski definition) is 1. The fourth-order valence-corrected chi connectivity index (χ4v) is 2.94. The third-order valence-corrected chi connectivity index (χ3v) is 4.31. The summed E-state index contributed by atoms with van der Waals surface area (Å²) in [4.78, 5) is 20.8. The lowest BCUT2D eigenvalue weighted by Gasteiger charge is -2.36. The highest BCUT2D eigenvalue weighted by Crippen LogP contribution is 2.16. The van der Waals surface area contributed by atoms with E-state index in [2.05, 4.69) is 15.2 Å². The Morgan fingerprint density at radius 3 is 2.62 bits per heavy atom. The fraction of sp³-hybridized carbons (Fsp3) is 0.600. The van der Waals surface area contributed by atoms with Gasteiger partial charge < -0.3 is 19.9 Å². The molecule has 2 saturated heterocycles. The van der Waals surface area contributed by atoms with E-state index in [0.717, 1.165) is 45.1 Å². The van der Waals surface area contributed by atoms with Gasteiger partial charge in [-0.3, -0.25) is 4.79 Å².